The number of rotatable bonds is 5. The van der Waals surface area contributed by atoms with Crippen molar-refractivity contribution in [2.75, 3.05) is 20.1 Å². The monoisotopic (exact) mass is 408 g/mol. The molecule has 1 amide bonds. The Morgan fingerprint density at radius 1 is 1.19 bits per heavy atom. The molecule has 1 aliphatic heterocycles. The Morgan fingerprint density at radius 3 is 2.37 bits per heavy atom. The zero-order chi connectivity index (χ0) is 19.6. The molecule has 1 aliphatic rings. The topological polar surface area (TPSA) is 66.9 Å². The first-order chi connectivity index (χ1) is 12.8. The van der Waals surface area contributed by atoms with Gasteiger partial charge in [-0.25, -0.2) is 8.42 Å². The van der Waals surface area contributed by atoms with Crippen LogP contribution >= 0.6 is 11.3 Å². The minimum atomic E-state index is -3.60. The predicted molar refractivity (Wildman–Crippen MR) is 105 cm³/mol. The molecule has 1 aromatic carbocycles. The standard InChI is InChI=1S/C19H24N2O4S2/c1-14-11-21(12-15(2)25-14)27(23,24)18-8-6-16(7-9-18)19(22)20(3)13-17-5-4-10-26-17/h4-10,14-15H,11-13H2,1-3H3. The van der Waals surface area contributed by atoms with Crippen LogP contribution in [0.5, 0.6) is 0 Å². The normalized spacial score (nSPS) is 21.1. The Balaban J connectivity index is 1.73. The minimum Gasteiger partial charge on any atom is -0.373 e. The molecule has 2 aromatic rings. The molecule has 8 heteroatoms. The molecular formula is C19H24N2O4S2. The van der Waals surface area contributed by atoms with Crippen LogP contribution < -0.4 is 0 Å². The van der Waals surface area contributed by atoms with Gasteiger partial charge in [-0.3, -0.25) is 4.79 Å². The van der Waals surface area contributed by atoms with E-state index in [4.69, 9.17) is 4.74 Å². The summed E-state index contributed by atoms with van der Waals surface area (Å²) < 4.78 is 32.8. The van der Waals surface area contributed by atoms with Crippen LogP contribution in [0, 0.1) is 0 Å². The van der Waals surface area contributed by atoms with E-state index >= 15 is 0 Å². The molecular weight excluding hydrogens is 384 g/mol. The molecule has 2 atom stereocenters. The molecule has 1 aromatic heterocycles. The number of sulfonamides is 1. The van der Waals surface area contributed by atoms with E-state index < -0.39 is 10.0 Å². The zero-order valence-corrected chi connectivity index (χ0v) is 17.3. The highest BCUT2D eigenvalue weighted by Crippen LogP contribution is 2.22. The van der Waals surface area contributed by atoms with E-state index in [1.807, 2.05) is 31.4 Å². The van der Waals surface area contributed by atoms with Crippen LogP contribution in [0.1, 0.15) is 29.1 Å². The lowest BCUT2D eigenvalue weighted by Crippen LogP contribution is -2.48. The van der Waals surface area contributed by atoms with Crippen molar-refractivity contribution in [3.8, 4) is 0 Å². The summed E-state index contributed by atoms with van der Waals surface area (Å²) in [7, 11) is -1.86. The molecule has 1 saturated heterocycles. The van der Waals surface area contributed by atoms with Crippen molar-refractivity contribution in [3.05, 3.63) is 52.2 Å². The molecule has 2 unspecified atom stereocenters. The summed E-state index contributed by atoms with van der Waals surface area (Å²) in [5.74, 6) is -0.138. The second-order valence-corrected chi connectivity index (χ2v) is 9.81. The van der Waals surface area contributed by atoms with Gasteiger partial charge in [0.05, 0.1) is 23.6 Å². The number of hydrogen-bond acceptors (Lipinski definition) is 5. The first-order valence-electron chi connectivity index (χ1n) is 8.81. The number of ether oxygens (including phenoxy) is 1. The lowest BCUT2D eigenvalue weighted by molar-refractivity contribution is -0.0440. The maximum atomic E-state index is 12.9. The third kappa shape index (κ3) is 4.57. The first kappa shape index (κ1) is 20.0. The molecule has 0 bridgehead atoms. The molecule has 27 heavy (non-hydrogen) atoms. The van der Waals surface area contributed by atoms with Crippen LogP contribution in [0.3, 0.4) is 0 Å². The quantitative estimate of drug-likeness (QED) is 0.763. The van der Waals surface area contributed by atoms with E-state index in [1.54, 1.807) is 35.4 Å². The second kappa shape index (κ2) is 8.10. The molecule has 0 saturated carbocycles. The van der Waals surface area contributed by atoms with Gasteiger partial charge in [0.25, 0.3) is 5.91 Å². The van der Waals surface area contributed by atoms with Gasteiger partial charge in [-0.1, -0.05) is 6.07 Å². The van der Waals surface area contributed by atoms with Gasteiger partial charge in [-0.2, -0.15) is 4.31 Å². The van der Waals surface area contributed by atoms with Crippen LogP contribution in [-0.2, 0) is 21.3 Å². The first-order valence-corrected chi connectivity index (χ1v) is 11.1. The summed E-state index contributed by atoms with van der Waals surface area (Å²) in [4.78, 5) is 15.5. The largest absolute Gasteiger partial charge is 0.373 e. The Morgan fingerprint density at radius 2 is 1.81 bits per heavy atom. The van der Waals surface area contributed by atoms with Crippen LogP contribution in [0.2, 0.25) is 0 Å². The number of amides is 1. The van der Waals surface area contributed by atoms with Gasteiger partial charge in [0, 0.05) is 30.6 Å². The molecule has 0 aliphatic carbocycles. The van der Waals surface area contributed by atoms with E-state index in [2.05, 4.69) is 0 Å². The minimum absolute atomic E-state index is 0.138. The Bertz CT molecular complexity index is 869. The van der Waals surface area contributed by atoms with E-state index in [0.29, 0.717) is 25.2 Å². The van der Waals surface area contributed by atoms with E-state index in [0.717, 1.165) is 4.88 Å². The van der Waals surface area contributed by atoms with Gasteiger partial charge in [-0.15, -0.1) is 11.3 Å². The van der Waals surface area contributed by atoms with Gasteiger partial charge in [-0.05, 0) is 49.6 Å². The highest BCUT2D eigenvalue weighted by molar-refractivity contribution is 7.89. The summed E-state index contributed by atoms with van der Waals surface area (Å²) in [5.41, 5.74) is 0.469. The average molecular weight is 409 g/mol. The highest BCUT2D eigenvalue weighted by Gasteiger charge is 2.32. The summed E-state index contributed by atoms with van der Waals surface area (Å²) in [6.07, 6.45) is -0.287. The molecule has 2 heterocycles. The van der Waals surface area contributed by atoms with Crippen molar-refractivity contribution >= 4 is 27.3 Å². The number of carbonyl (C=O) groups is 1. The third-order valence-corrected chi connectivity index (χ3v) is 7.15. The Hall–Kier alpha value is -1.74. The van der Waals surface area contributed by atoms with Crippen LogP contribution in [0.25, 0.3) is 0 Å². The summed E-state index contributed by atoms with van der Waals surface area (Å²) in [6, 6.07) is 10.1. The van der Waals surface area contributed by atoms with Crippen LogP contribution in [0.15, 0.2) is 46.7 Å². The Kier molecular flexibility index (Phi) is 6.00. The second-order valence-electron chi connectivity index (χ2n) is 6.84. The lowest BCUT2D eigenvalue weighted by Gasteiger charge is -2.34. The van der Waals surface area contributed by atoms with Crippen molar-refractivity contribution in [1.82, 2.24) is 9.21 Å². The van der Waals surface area contributed by atoms with E-state index in [1.165, 1.54) is 16.4 Å². The molecule has 6 nitrogen and oxygen atoms in total. The van der Waals surface area contributed by atoms with Gasteiger partial charge in [0.15, 0.2) is 0 Å². The van der Waals surface area contributed by atoms with Crippen molar-refractivity contribution in [2.24, 2.45) is 0 Å². The van der Waals surface area contributed by atoms with Gasteiger partial charge in [0.2, 0.25) is 10.0 Å². The summed E-state index contributed by atoms with van der Waals surface area (Å²) in [5, 5.41) is 1.97. The van der Waals surface area contributed by atoms with E-state index in [-0.39, 0.29) is 23.0 Å². The highest BCUT2D eigenvalue weighted by atomic mass is 32.2. The average Bonchev–Trinajstić information content (AvgIpc) is 3.13. The van der Waals surface area contributed by atoms with Crippen molar-refractivity contribution < 1.29 is 17.9 Å². The number of hydrogen-bond donors (Lipinski definition) is 0. The maximum Gasteiger partial charge on any atom is 0.253 e. The fourth-order valence-electron chi connectivity index (χ4n) is 3.17. The number of benzene rings is 1. The SMILES string of the molecule is CC1CN(S(=O)(=O)c2ccc(C(=O)N(C)Cc3cccs3)cc2)CC(C)O1. The van der Waals surface area contributed by atoms with Gasteiger partial charge in [0.1, 0.15) is 0 Å². The van der Waals surface area contributed by atoms with Gasteiger partial charge >= 0.3 is 0 Å². The smallest absolute Gasteiger partial charge is 0.253 e. The third-order valence-electron chi connectivity index (χ3n) is 4.44. The lowest BCUT2D eigenvalue weighted by atomic mass is 10.2. The van der Waals surface area contributed by atoms with Crippen molar-refractivity contribution in [1.29, 1.82) is 0 Å². The van der Waals surface area contributed by atoms with Crippen molar-refractivity contribution in [2.45, 2.75) is 37.5 Å². The molecule has 3 rings (SSSR count). The number of nitrogens with zero attached hydrogens (tertiary/aromatic N) is 2. The van der Waals surface area contributed by atoms with Gasteiger partial charge < -0.3 is 9.64 Å². The molecule has 0 radical (unpaired) electrons. The fraction of sp³-hybridized carbons (Fsp3) is 0.421. The van der Waals surface area contributed by atoms with Crippen LogP contribution in [-0.4, -0.2) is 55.9 Å². The maximum absolute atomic E-state index is 12.9. The molecule has 1 fully saturated rings. The fourth-order valence-corrected chi connectivity index (χ4v) is 5.52. The van der Waals surface area contributed by atoms with E-state index in [9.17, 15) is 13.2 Å². The predicted octanol–water partition coefficient (Wildman–Crippen LogP) is 2.82. The molecule has 0 spiro atoms. The van der Waals surface area contributed by atoms with Crippen molar-refractivity contribution in [3.63, 3.8) is 0 Å². The summed E-state index contributed by atoms with van der Waals surface area (Å²) >= 11 is 1.60. The molecule has 0 N–H and O–H groups in total. The summed E-state index contributed by atoms with van der Waals surface area (Å²) in [6.45, 7) is 4.92. The zero-order valence-electron chi connectivity index (χ0n) is 15.7. The number of morpholine rings is 1. The number of thiophene rings is 1. The Labute approximate surface area is 164 Å². The van der Waals surface area contributed by atoms with Crippen LogP contribution in [0.4, 0.5) is 0 Å². The molecule has 146 valence electrons. The number of carbonyl (C=O) groups excluding carboxylic acids is 1.